The molecule has 4 heteroatoms. The number of hydrogen-bond donors (Lipinski definition) is 1. The summed E-state index contributed by atoms with van der Waals surface area (Å²) in [6, 6.07) is 5.45. The molecule has 0 aromatic carbocycles. The number of unbranched alkanes of at least 4 members (excludes halogenated alkanes) is 1. The minimum atomic E-state index is 0.0121. The van der Waals surface area contributed by atoms with Gasteiger partial charge in [0.1, 0.15) is 11.5 Å². The van der Waals surface area contributed by atoms with Gasteiger partial charge < -0.3 is 10.2 Å². The van der Waals surface area contributed by atoms with Crippen LogP contribution in [0.3, 0.4) is 0 Å². The second-order valence-electron chi connectivity index (χ2n) is 3.90. The van der Waals surface area contributed by atoms with Crippen molar-refractivity contribution in [3.63, 3.8) is 0 Å². The standard InChI is InChI=1S/C13H21N3O/c1-4-6-10-16(5-2)13(17)11-8-7-9-12(14-3)15-11/h7-9H,4-6,10H2,1-3H3,(H,14,15). The Morgan fingerprint density at radius 2 is 2.18 bits per heavy atom. The first-order chi connectivity index (χ1) is 8.22. The molecule has 0 aliphatic rings. The highest BCUT2D eigenvalue weighted by Gasteiger charge is 2.14. The minimum absolute atomic E-state index is 0.0121. The fourth-order valence-corrected chi connectivity index (χ4v) is 1.61. The van der Waals surface area contributed by atoms with Gasteiger partial charge in [0.05, 0.1) is 0 Å². The zero-order valence-electron chi connectivity index (χ0n) is 10.9. The summed E-state index contributed by atoms with van der Waals surface area (Å²) in [5.74, 6) is 0.737. The molecular weight excluding hydrogens is 214 g/mol. The first-order valence-corrected chi connectivity index (χ1v) is 6.17. The lowest BCUT2D eigenvalue weighted by Gasteiger charge is -2.20. The summed E-state index contributed by atoms with van der Waals surface area (Å²) in [7, 11) is 1.80. The van der Waals surface area contributed by atoms with E-state index in [1.54, 1.807) is 13.1 Å². The average molecular weight is 235 g/mol. The zero-order valence-corrected chi connectivity index (χ0v) is 10.9. The number of carbonyl (C=O) groups excluding carboxylic acids is 1. The lowest BCUT2D eigenvalue weighted by atomic mass is 10.2. The molecular formula is C13H21N3O. The first-order valence-electron chi connectivity index (χ1n) is 6.17. The SMILES string of the molecule is CCCCN(CC)C(=O)c1cccc(NC)n1. The van der Waals surface area contributed by atoms with Crippen LogP contribution >= 0.6 is 0 Å². The number of aromatic nitrogens is 1. The van der Waals surface area contributed by atoms with Crippen LogP contribution in [0.1, 0.15) is 37.2 Å². The topological polar surface area (TPSA) is 45.2 Å². The van der Waals surface area contributed by atoms with E-state index in [4.69, 9.17) is 0 Å². The molecule has 0 fully saturated rings. The van der Waals surface area contributed by atoms with E-state index >= 15 is 0 Å². The number of pyridine rings is 1. The molecule has 0 saturated carbocycles. The molecule has 1 N–H and O–H groups in total. The van der Waals surface area contributed by atoms with Crippen molar-refractivity contribution in [1.29, 1.82) is 0 Å². The van der Waals surface area contributed by atoms with E-state index in [1.807, 2.05) is 24.0 Å². The smallest absolute Gasteiger partial charge is 0.272 e. The molecule has 1 aromatic heterocycles. The van der Waals surface area contributed by atoms with E-state index in [2.05, 4.69) is 17.2 Å². The van der Waals surface area contributed by atoms with Gasteiger partial charge >= 0.3 is 0 Å². The monoisotopic (exact) mass is 235 g/mol. The summed E-state index contributed by atoms with van der Waals surface area (Å²) in [5.41, 5.74) is 0.509. The van der Waals surface area contributed by atoms with Gasteiger partial charge in [-0.2, -0.15) is 0 Å². The number of nitrogens with one attached hydrogen (secondary N) is 1. The van der Waals surface area contributed by atoms with Crippen molar-refractivity contribution in [3.05, 3.63) is 23.9 Å². The van der Waals surface area contributed by atoms with Crippen LogP contribution in [0.15, 0.2) is 18.2 Å². The highest BCUT2D eigenvalue weighted by Crippen LogP contribution is 2.07. The molecule has 94 valence electrons. The summed E-state index contributed by atoms with van der Waals surface area (Å²) in [6.45, 7) is 5.65. The van der Waals surface area contributed by atoms with Crippen LogP contribution in [0, 0.1) is 0 Å². The summed E-state index contributed by atoms with van der Waals surface area (Å²) in [5, 5.41) is 2.94. The van der Waals surface area contributed by atoms with Gasteiger partial charge in [-0.05, 0) is 25.5 Å². The fraction of sp³-hybridized carbons (Fsp3) is 0.538. The molecule has 1 heterocycles. The molecule has 0 saturated heterocycles. The van der Waals surface area contributed by atoms with Crippen LogP contribution in [0.5, 0.6) is 0 Å². The Bertz CT molecular complexity index is 365. The summed E-state index contributed by atoms with van der Waals surface area (Å²) < 4.78 is 0. The van der Waals surface area contributed by atoms with Crippen molar-refractivity contribution in [2.24, 2.45) is 0 Å². The van der Waals surface area contributed by atoms with Crippen molar-refractivity contribution in [1.82, 2.24) is 9.88 Å². The summed E-state index contributed by atoms with van der Waals surface area (Å²) >= 11 is 0. The highest BCUT2D eigenvalue weighted by molar-refractivity contribution is 5.92. The van der Waals surface area contributed by atoms with Gasteiger partial charge in [-0.25, -0.2) is 4.98 Å². The number of anilines is 1. The van der Waals surface area contributed by atoms with Crippen LogP contribution in [0.4, 0.5) is 5.82 Å². The number of carbonyl (C=O) groups is 1. The van der Waals surface area contributed by atoms with E-state index in [9.17, 15) is 4.79 Å². The van der Waals surface area contributed by atoms with Crippen LogP contribution in [-0.2, 0) is 0 Å². The lowest BCUT2D eigenvalue weighted by molar-refractivity contribution is 0.0756. The Morgan fingerprint density at radius 3 is 2.76 bits per heavy atom. The van der Waals surface area contributed by atoms with E-state index in [1.165, 1.54) is 0 Å². The minimum Gasteiger partial charge on any atom is -0.373 e. The van der Waals surface area contributed by atoms with Crippen LogP contribution < -0.4 is 5.32 Å². The van der Waals surface area contributed by atoms with Crippen molar-refractivity contribution in [2.75, 3.05) is 25.5 Å². The second-order valence-corrected chi connectivity index (χ2v) is 3.90. The molecule has 0 aliphatic heterocycles. The Labute approximate surface area is 103 Å². The molecule has 0 radical (unpaired) electrons. The van der Waals surface area contributed by atoms with E-state index in [-0.39, 0.29) is 5.91 Å². The van der Waals surface area contributed by atoms with Crippen LogP contribution in [0.25, 0.3) is 0 Å². The van der Waals surface area contributed by atoms with Gasteiger partial charge in [0.2, 0.25) is 0 Å². The first kappa shape index (κ1) is 13.5. The second kappa shape index (κ2) is 6.89. The number of amides is 1. The molecule has 1 rings (SSSR count). The maximum atomic E-state index is 12.2. The largest absolute Gasteiger partial charge is 0.373 e. The maximum absolute atomic E-state index is 12.2. The van der Waals surface area contributed by atoms with Crippen molar-refractivity contribution < 1.29 is 4.79 Å². The van der Waals surface area contributed by atoms with E-state index in [0.717, 1.165) is 31.7 Å². The highest BCUT2D eigenvalue weighted by atomic mass is 16.2. The van der Waals surface area contributed by atoms with Crippen LogP contribution in [0.2, 0.25) is 0 Å². The van der Waals surface area contributed by atoms with Gasteiger partial charge in [0, 0.05) is 20.1 Å². The quantitative estimate of drug-likeness (QED) is 0.823. The Balaban J connectivity index is 2.78. The van der Waals surface area contributed by atoms with Crippen molar-refractivity contribution in [2.45, 2.75) is 26.7 Å². The number of nitrogens with zero attached hydrogens (tertiary/aromatic N) is 2. The zero-order chi connectivity index (χ0) is 12.7. The number of hydrogen-bond acceptors (Lipinski definition) is 3. The molecule has 1 aromatic rings. The normalized spacial score (nSPS) is 10.1. The molecule has 0 bridgehead atoms. The molecule has 17 heavy (non-hydrogen) atoms. The molecule has 1 amide bonds. The third-order valence-electron chi connectivity index (χ3n) is 2.67. The van der Waals surface area contributed by atoms with Gasteiger partial charge in [0.15, 0.2) is 0 Å². The van der Waals surface area contributed by atoms with Gasteiger partial charge in [-0.15, -0.1) is 0 Å². The third kappa shape index (κ3) is 3.73. The predicted molar refractivity (Wildman–Crippen MR) is 70.3 cm³/mol. The summed E-state index contributed by atoms with van der Waals surface area (Å²) in [6.07, 6.45) is 2.12. The predicted octanol–water partition coefficient (Wildman–Crippen LogP) is 2.39. The number of rotatable bonds is 6. The van der Waals surface area contributed by atoms with E-state index < -0.39 is 0 Å². The molecule has 4 nitrogen and oxygen atoms in total. The van der Waals surface area contributed by atoms with Gasteiger partial charge in [-0.3, -0.25) is 4.79 Å². The van der Waals surface area contributed by atoms with E-state index in [0.29, 0.717) is 5.69 Å². The van der Waals surface area contributed by atoms with Crippen molar-refractivity contribution >= 4 is 11.7 Å². The Kier molecular flexibility index (Phi) is 5.46. The molecule has 0 aliphatic carbocycles. The molecule has 0 atom stereocenters. The van der Waals surface area contributed by atoms with Gasteiger partial charge in [0.25, 0.3) is 5.91 Å². The lowest BCUT2D eigenvalue weighted by Crippen LogP contribution is -2.32. The molecule has 0 unspecified atom stereocenters. The Hall–Kier alpha value is -1.58. The molecule has 0 spiro atoms. The average Bonchev–Trinajstić information content (AvgIpc) is 2.39. The Morgan fingerprint density at radius 1 is 1.41 bits per heavy atom. The fourth-order valence-electron chi connectivity index (χ4n) is 1.61. The summed E-state index contributed by atoms with van der Waals surface area (Å²) in [4.78, 5) is 18.3. The third-order valence-corrected chi connectivity index (χ3v) is 2.67. The van der Waals surface area contributed by atoms with Crippen molar-refractivity contribution in [3.8, 4) is 0 Å². The van der Waals surface area contributed by atoms with Gasteiger partial charge in [-0.1, -0.05) is 19.4 Å². The van der Waals surface area contributed by atoms with Crippen LogP contribution in [-0.4, -0.2) is 35.9 Å². The maximum Gasteiger partial charge on any atom is 0.272 e.